The summed E-state index contributed by atoms with van der Waals surface area (Å²) in [6.07, 6.45) is 1.14. The molecule has 3 rings (SSSR count). The van der Waals surface area contributed by atoms with Gasteiger partial charge in [-0.2, -0.15) is 0 Å². The highest BCUT2D eigenvalue weighted by Gasteiger charge is 2.24. The number of piperazine rings is 1. The molecule has 1 aliphatic heterocycles. The summed E-state index contributed by atoms with van der Waals surface area (Å²) in [6, 6.07) is 10.0. The Morgan fingerprint density at radius 3 is 2.31 bits per heavy atom. The van der Waals surface area contributed by atoms with E-state index in [0.29, 0.717) is 21.1 Å². The van der Waals surface area contributed by atoms with E-state index in [0.717, 1.165) is 39.1 Å². The lowest BCUT2D eigenvalue weighted by molar-refractivity contribution is -0.135. The van der Waals surface area contributed by atoms with Gasteiger partial charge >= 0.3 is 0 Å². The summed E-state index contributed by atoms with van der Waals surface area (Å²) in [4.78, 5) is 16.8. The zero-order valence-electron chi connectivity index (χ0n) is 19.3. The molecule has 0 saturated carbocycles. The molecule has 1 aromatic carbocycles. The molecule has 0 bridgehead atoms. The lowest BCUT2D eigenvalue weighted by atomic mass is 9.92. The smallest absolute Gasteiger partial charge is 0.273 e. The van der Waals surface area contributed by atoms with Crippen LogP contribution in [0.4, 0.5) is 5.69 Å². The molecular formula is C23H33N3O4S2. The molecule has 1 amide bonds. The number of nitrogens with zero attached hydrogens (tertiary/aromatic N) is 3. The van der Waals surface area contributed by atoms with E-state index in [2.05, 4.69) is 25.7 Å². The molecule has 1 aromatic heterocycles. The van der Waals surface area contributed by atoms with E-state index in [1.165, 1.54) is 22.7 Å². The van der Waals surface area contributed by atoms with Crippen LogP contribution in [-0.4, -0.2) is 70.5 Å². The van der Waals surface area contributed by atoms with Crippen LogP contribution in [0, 0.1) is 5.41 Å². The predicted molar refractivity (Wildman–Crippen MR) is 129 cm³/mol. The molecule has 2 heterocycles. The molecule has 7 nitrogen and oxygen atoms in total. The first-order chi connectivity index (χ1) is 15.1. The molecule has 0 radical (unpaired) electrons. The molecular weight excluding hydrogens is 446 g/mol. The van der Waals surface area contributed by atoms with Crippen molar-refractivity contribution >= 4 is 33.0 Å². The Morgan fingerprint density at radius 1 is 1.09 bits per heavy atom. The van der Waals surface area contributed by atoms with Crippen LogP contribution in [0.1, 0.15) is 27.2 Å². The molecule has 1 aliphatic rings. The third-order valence-corrected chi connectivity index (χ3v) is 8.73. The monoisotopic (exact) mass is 479 g/mol. The van der Waals surface area contributed by atoms with Crippen LogP contribution in [0.5, 0.6) is 5.75 Å². The summed E-state index contributed by atoms with van der Waals surface area (Å²) >= 11 is 1.19. The molecule has 0 spiro atoms. The molecule has 32 heavy (non-hydrogen) atoms. The van der Waals surface area contributed by atoms with E-state index in [-0.39, 0.29) is 12.5 Å². The van der Waals surface area contributed by atoms with Gasteiger partial charge in [-0.1, -0.05) is 26.8 Å². The van der Waals surface area contributed by atoms with Crippen molar-refractivity contribution in [2.45, 2.75) is 31.4 Å². The fraction of sp³-hybridized carbons (Fsp3) is 0.522. The lowest BCUT2D eigenvalue weighted by Gasteiger charge is -2.35. The summed E-state index contributed by atoms with van der Waals surface area (Å²) < 4.78 is 32.5. The standard InChI is InChI=1S/C23H33N3O4S2/c1-23(2,3)11-12-25-13-15-26(16-14-25)21(27)18-30-20-9-7-19(8-10-20)24(4)32(28,29)22-6-5-17-31-22/h5-10,17H,11-16,18H2,1-4H3. The van der Waals surface area contributed by atoms with E-state index in [4.69, 9.17) is 4.74 Å². The third-order valence-electron chi connectivity index (χ3n) is 5.58. The van der Waals surface area contributed by atoms with E-state index in [1.807, 2.05) is 4.90 Å². The van der Waals surface area contributed by atoms with Crippen molar-refractivity contribution in [1.29, 1.82) is 0 Å². The number of carbonyl (C=O) groups excluding carboxylic acids is 1. The van der Waals surface area contributed by atoms with Crippen LogP contribution in [0.15, 0.2) is 46.0 Å². The summed E-state index contributed by atoms with van der Waals surface area (Å²) in [5.41, 5.74) is 0.850. The van der Waals surface area contributed by atoms with Crippen LogP contribution in [0.3, 0.4) is 0 Å². The topological polar surface area (TPSA) is 70.2 Å². The molecule has 9 heteroatoms. The minimum Gasteiger partial charge on any atom is -0.484 e. The van der Waals surface area contributed by atoms with Crippen molar-refractivity contribution in [2.75, 3.05) is 50.7 Å². The average Bonchev–Trinajstić information content (AvgIpc) is 3.32. The number of rotatable bonds is 8. The van der Waals surface area contributed by atoms with Gasteiger partial charge in [0.25, 0.3) is 15.9 Å². The van der Waals surface area contributed by atoms with Crippen LogP contribution in [0.25, 0.3) is 0 Å². The maximum Gasteiger partial charge on any atom is 0.273 e. The Bertz CT molecular complexity index is 975. The van der Waals surface area contributed by atoms with Gasteiger partial charge in [-0.05, 0) is 54.1 Å². The quantitative estimate of drug-likeness (QED) is 0.579. The van der Waals surface area contributed by atoms with Crippen LogP contribution >= 0.6 is 11.3 Å². The van der Waals surface area contributed by atoms with E-state index in [1.54, 1.807) is 41.8 Å². The van der Waals surface area contributed by atoms with Crippen molar-refractivity contribution in [2.24, 2.45) is 5.41 Å². The Kier molecular flexibility index (Phi) is 7.84. The molecule has 1 fully saturated rings. The van der Waals surface area contributed by atoms with Gasteiger partial charge in [0.2, 0.25) is 0 Å². The second-order valence-electron chi connectivity index (χ2n) is 9.22. The van der Waals surface area contributed by atoms with Gasteiger partial charge in [-0.25, -0.2) is 8.42 Å². The lowest BCUT2D eigenvalue weighted by Crippen LogP contribution is -2.50. The highest BCUT2D eigenvalue weighted by molar-refractivity contribution is 7.94. The Labute approximate surface area is 195 Å². The largest absolute Gasteiger partial charge is 0.484 e. The molecule has 0 N–H and O–H groups in total. The van der Waals surface area contributed by atoms with Gasteiger partial charge < -0.3 is 9.64 Å². The normalized spacial score (nSPS) is 15.6. The van der Waals surface area contributed by atoms with Gasteiger partial charge in [0.15, 0.2) is 6.61 Å². The summed E-state index contributed by atoms with van der Waals surface area (Å²) in [7, 11) is -2.05. The van der Waals surface area contributed by atoms with E-state index >= 15 is 0 Å². The van der Waals surface area contributed by atoms with Crippen LogP contribution < -0.4 is 9.04 Å². The Hall–Kier alpha value is -2.10. The molecule has 0 unspecified atom stereocenters. The fourth-order valence-corrected chi connectivity index (χ4v) is 5.74. The zero-order chi connectivity index (χ0) is 23.4. The van der Waals surface area contributed by atoms with Crippen molar-refractivity contribution in [1.82, 2.24) is 9.80 Å². The van der Waals surface area contributed by atoms with Crippen molar-refractivity contribution in [3.8, 4) is 5.75 Å². The SMILES string of the molecule is CN(c1ccc(OCC(=O)N2CCN(CCC(C)(C)C)CC2)cc1)S(=O)(=O)c1cccs1. The molecule has 0 atom stereocenters. The third kappa shape index (κ3) is 6.46. The minimum atomic E-state index is -3.57. The maximum atomic E-state index is 12.6. The highest BCUT2D eigenvalue weighted by Crippen LogP contribution is 2.26. The van der Waals surface area contributed by atoms with Gasteiger partial charge in [-0.3, -0.25) is 14.0 Å². The molecule has 2 aromatic rings. The van der Waals surface area contributed by atoms with Crippen LogP contribution in [0.2, 0.25) is 0 Å². The predicted octanol–water partition coefficient (Wildman–Crippen LogP) is 3.53. The molecule has 176 valence electrons. The van der Waals surface area contributed by atoms with Gasteiger partial charge in [0, 0.05) is 33.2 Å². The number of hydrogen-bond acceptors (Lipinski definition) is 6. The summed E-state index contributed by atoms with van der Waals surface area (Å²) in [6.45, 7) is 11.0. The van der Waals surface area contributed by atoms with Gasteiger partial charge in [-0.15, -0.1) is 11.3 Å². The zero-order valence-corrected chi connectivity index (χ0v) is 20.9. The minimum absolute atomic E-state index is 0.0231. The van der Waals surface area contributed by atoms with Crippen LogP contribution in [-0.2, 0) is 14.8 Å². The Morgan fingerprint density at radius 2 is 1.75 bits per heavy atom. The summed E-state index contributed by atoms with van der Waals surface area (Å²) in [5.74, 6) is 0.509. The molecule has 1 saturated heterocycles. The fourth-order valence-electron chi connectivity index (χ4n) is 3.39. The van der Waals surface area contributed by atoms with Crippen molar-refractivity contribution in [3.05, 3.63) is 41.8 Å². The molecule has 0 aliphatic carbocycles. The number of ether oxygens (including phenoxy) is 1. The first-order valence-corrected chi connectivity index (χ1v) is 13.1. The second kappa shape index (κ2) is 10.2. The number of thiophene rings is 1. The first kappa shape index (κ1) is 24.5. The highest BCUT2D eigenvalue weighted by atomic mass is 32.2. The summed E-state index contributed by atoms with van der Waals surface area (Å²) in [5, 5.41) is 1.74. The average molecular weight is 480 g/mol. The van der Waals surface area contributed by atoms with Gasteiger partial charge in [0.05, 0.1) is 5.69 Å². The number of carbonyl (C=O) groups is 1. The first-order valence-electron chi connectivity index (χ1n) is 10.8. The number of sulfonamides is 1. The van der Waals surface area contributed by atoms with Crippen molar-refractivity contribution in [3.63, 3.8) is 0 Å². The number of hydrogen-bond donors (Lipinski definition) is 0. The second-order valence-corrected chi connectivity index (χ2v) is 12.4. The van der Waals surface area contributed by atoms with Gasteiger partial charge in [0.1, 0.15) is 9.96 Å². The van der Waals surface area contributed by atoms with E-state index in [9.17, 15) is 13.2 Å². The maximum absolute atomic E-state index is 12.6. The Balaban J connectivity index is 1.47. The number of amides is 1. The van der Waals surface area contributed by atoms with E-state index < -0.39 is 10.0 Å². The number of anilines is 1. The van der Waals surface area contributed by atoms with Crippen molar-refractivity contribution < 1.29 is 17.9 Å². The number of benzene rings is 1.